The van der Waals surface area contributed by atoms with E-state index in [1.165, 1.54) is 0 Å². The second-order valence-corrected chi connectivity index (χ2v) is 10.3. The normalized spacial score (nSPS) is 11.8. The van der Waals surface area contributed by atoms with Gasteiger partial charge >= 0.3 is 17.1 Å². The van der Waals surface area contributed by atoms with Gasteiger partial charge in [-0.05, 0) is 57.7 Å². The average molecular weight is 592 g/mol. The first-order chi connectivity index (χ1) is 20.8. The number of rotatable bonds is 3. The Hall–Kier alpha value is -5.22. The van der Waals surface area contributed by atoms with Gasteiger partial charge in [-0.1, -0.05) is 121 Å². The molecule has 5 heteroatoms. The molecule has 43 heavy (non-hydrogen) atoms. The molecule has 6 aromatic rings. The molecule has 8 rings (SSSR count). The van der Waals surface area contributed by atoms with Crippen molar-refractivity contribution in [1.82, 2.24) is 19.9 Å². The minimum Gasteiger partial charge on any atom is -0.657 e. The van der Waals surface area contributed by atoms with Crippen LogP contribution in [0.4, 0.5) is 0 Å². The van der Waals surface area contributed by atoms with E-state index < -0.39 is 0 Å². The van der Waals surface area contributed by atoms with Crippen molar-refractivity contribution in [3.8, 4) is 33.4 Å². The fourth-order valence-corrected chi connectivity index (χ4v) is 5.72. The molecule has 0 saturated carbocycles. The maximum atomic E-state index is 5.23. The minimum atomic E-state index is 0. The molecular formula is C38H24FeN4. The van der Waals surface area contributed by atoms with Gasteiger partial charge in [-0.3, -0.25) is 0 Å². The fourth-order valence-electron chi connectivity index (χ4n) is 5.72. The van der Waals surface area contributed by atoms with Crippen LogP contribution in [0.15, 0.2) is 121 Å². The predicted octanol–water partition coefficient (Wildman–Crippen LogP) is 8.91. The van der Waals surface area contributed by atoms with Crippen LogP contribution in [0.2, 0.25) is 0 Å². The van der Waals surface area contributed by atoms with E-state index in [2.05, 4.69) is 85.0 Å². The number of aromatic nitrogens is 4. The zero-order chi connectivity index (χ0) is 27.9. The third-order valence-electron chi connectivity index (χ3n) is 7.62. The monoisotopic (exact) mass is 592 g/mol. The average Bonchev–Trinajstić information content (AvgIpc) is 3.86. The van der Waals surface area contributed by atoms with Crippen LogP contribution in [-0.2, 0) is 17.1 Å². The Labute approximate surface area is 260 Å². The van der Waals surface area contributed by atoms with E-state index in [1.807, 2.05) is 60.7 Å². The Bertz CT molecular complexity index is 2140. The fraction of sp³-hybridized carbons (Fsp3) is 0. The first-order valence-corrected chi connectivity index (χ1v) is 14.0. The molecule has 0 unspecified atom stereocenters. The Kier molecular flexibility index (Phi) is 6.96. The molecule has 2 aliphatic heterocycles. The van der Waals surface area contributed by atoms with Gasteiger partial charge < -0.3 is 9.97 Å². The van der Waals surface area contributed by atoms with E-state index in [4.69, 9.17) is 19.9 Å². The molecule has 3 aromatic heterocycles. The Morgan fingerprint density at radius 3 is 1.33 bits per heavy atom. The summed E-state index contributed by atoms with van der Waals surface area (Å²) in [6.45, 7) is 0. The van der Waals surface area contributed by atoms with E-state index in [0.29, 0.717) is 0 Å². The molecule has 0 atom stereocenters. The molecule has 0 fully saturated rings. The first kappa shape index (κ1) is 26.7. The Morgan fingerprint density at radius 1 is 0.395 bits per heavy atom. The number of nitrogens with zero attached hydrogens (tertiary/aromatic N) is 4. The Morgan fingerprint density at radius 2 is 0.814 bits per heavy atom. The summed E-state index contributed by atoms with van der Waals surface area (Å²) in [5, 5.41) is 0. The quantitative estimate of drug-likeness (QED) is 0.192. The zero-order valence-corrected chi connectivity index (χ0v) is 24.1. The van der Waals surface area contributed by atoms with Crippen molar-refractivity contribution in [1.29, 1.82) is 0 Å². The SMILES string of the molecule is C1=Cc2nc1cc1ccc([n-]1)c(-c1ccccc1)c1nc(c(-c3ccccc3)c3ccc([n-]3)c2-c2ccccc2)C=C1.[Fe+2]. The van der Waals surface area contributed by atoms with E-state index in [0.717, 1.165) is 78.2 Å². The van der Waals surface area contributed by atoms with Gasteiger partial charge in [-0.2, -0.15) is 0 Å². The second kappa shape index (κ2) is 11.2. The van der Waals surface area contributed by atoms with Gasteiger partial charge in [0.05, 0.1) is 22.8 Å². The molecule has 4 nitrogen and oxygen atoms in total. The van der Waals surface area contributed by atoms with E-state index >= 15 is 0 Å². The van der Waals surface area contributed by atoms with Gasteiger partial charge in [0.25, 0.3) is 0 Å². The van der Waals surface area contributed by atoms with Gasteiger partial charge in [0.2, 0.25) is 0 Å². The van der Waals surface area contributed by atoms with Gasteiger partial charge in [0.1, 0.15) is 0 Å². The van der Waals surface area contributed by atoms with E-state index in [1.54, 1.807) is 0 Å². The number of hydrogen-bond donors (Lipinski definition) is 0. The molecule has 0 saturated heterocycles. The number of benzene rings is 3. The summed E-state index contributed by atoms with van der Waals surface area (Å²) < 4.78 is 0. The van der Waals surface area contributed by atoms with Crippen molar-refractivity contribution >= 4 is 46.4 Å². The summed E-state index contributed by atoms with van der Waals surface area (Å²) in [5.74, 6) is 0. The molecule has 0 amide bonds. The molecule has 8 bridgehead atoms. The molecule has 5 heterocycles. The second-order valence-electron chi connectivity index (χ2n) is 10.3. The first-order valence-electron chi connectivity index (χ1n) is 14.0. The molecule has 0 aliphatic carbocycles. The molecule has 0 N–H and O–H groups in total. The molecule has 204 valence electrons. The van der Waals surface area contributed by atoms with Crippen LogP contribution in [0.3, 0.4) is 0 Å². The van der Waals surface area contributed by atoms with E-state index in [9.17, 15) is 0 Å². The van der Waals surface area contributed by atoms with Crippen LogP contribution in [0.1, 0.15) is 22.8 Å². The third-order valence-corrected chi connectivity index (χ3v) is 7.62. The number of fused-ring (bicyclic) bond motifs is 8. The van der Waals surface area contributed by atoms with Crippen molar-refractivity contribution < 1.29 is 17.1 Å². The van der Waals surface area contributed by atoms with Crippen LogP contribution in [-0.4, -0.2) is 9.97 Å². The van der Waals surface area contributed by atoms with Gasteiger partial charge in [0, 0.05) is 0 Å². The summed E-state index contributed by atoms with van der Waals surface area (Å²) >= 11 is 0. The summed E-state index contributed by atoms with van der Waals surface area (Å²) in [5.41, 5.74) is 13.1. The molecule has 3 aromatic carbocycles. The van der Waals surface area contributed by atoms with Crippen molar-refractivity contribution in [3.63, 3.8) is 0 Å². The van der Waals surface area contributed by atoms with Crippen molar-refractivity contribution in [2.45, 2.75) is 0 Å². The maximum Gasteiger partial charge on any atom is 2.00 e. The van der Waals surface area contributed by atoms with Gasteiger partial charge in [0.15, 0.2) is 0 Å². The maximum absolute atomic E-state index is 5.23. The van der Waals surface area contributed by atoms with Crippen LogP contribution >= 0.6 is 0 Å². The van der Waals surface area contributed by atoms with Crippen LogP contribution in [0.25, 0.3) is 79.8 Å². The summed E-state index contributed by atoms with van der Waals surface area (Å²) in [6, 6.07) is 41.4. The zero-order valence-electron chi connectivity index (χ0n) is 23.0. The van der Waals surface area contributed by atoms with Gasteiger partial charge in [-0.15, -0.1) is 22.1 Å². The summed E-state index contributed by atoms with van der Waals surface area (Å²) in [4.78, 5) is 20.5. The smallest absolute Gasteiger partial charge is 0.657 e. The van der Waals surface area contributed by atoms with Crippen molar-refractivity contribution in [2.75, 3.05) is 0 Å². The minimum absolute atomic E-state index is 0. The van der Waals surface area contributed by atoms with E-state index in [-0.39, 0.29) is 17.1 Å². The van der Waals surface area contributed by atoms with Gasteiger partial charge in [-0.25, -0.2) is 9.97 Å². The number of hydrogen-bond acceptors (Lipinski definition) is 2. The van der Waals surface area contributed by atoms with Crippen LogP contribution in [0, 0.1) is 0 Å². The molecule has 2 aliphatic rings. The predicted molar refractivity (Wildman–Crippen MR) is 173 cm³/mol. The van der Waals surface area contributed by atoms with Crippen molar-refractivity contribution in [3.05, 3.63) is 144 Å². The molecule has 0 radical (unpaired) electrons. The van der Waals surface area contributed by atoms with Crippen molar-refractivity contribution in [2.24, 2.45) is 0 Å². The topological polar surface area (TPSA) is 54.0 Å². The standard InChI is InChI=1S/C38H24N4.Fe/c1-4-10-25(11-5-1)36-30-18-16-28(39-30)24-29-17-19-31(40-29)37(26-12-6-2-7-13-26)33-21-23-35(42-33)38(27-14-8-3-9-15-27)34-22-20-32(36)41-34;/h1-24H;/q-2;+2. The summed E-state index contributed by atoms with van der Waals surface area (Å²) in [7, 11) is 0. The molecule has 0 spiro atoms. The Balaban J connectivity index is 0.00000300. The largest absolute Gasteiger partial charge is 2.00 e. The van der Waals surface area contributed by atoms with Crippen LogP contribution < -0.4 is 9.97 Å². The third kappa shape index (κ3) is 4.95. The van der Waals surface area contributed by atoms with Crippen LogP contribution in [0.5, 0.6) is 0 Å². The molecular weight excluding hydrogens is 568 g/mol. The summed E-state index contributed by atoms with van der Waals surface area (Å²) in [6.07, 6.45) is 8.29.